The third-order valence-corrected chi connectivity index (χ3v) is 6.87. The molecule has 2 aliphatic heterocycles. The fourth-order valence-electron chi connectivity index (χ4n) is 3.14. The maximum Gasteiger partial charge on any atom is 0.243 e. The molecule has 1 aromatic carbocycles. The van der Waals surface area contributed by atoms with E-state index in [-0.39, 0.29) is 10.8 Å². The normalized spacial score (nSPS) is 22.8. The number of aryl methyl sites for hydroxylation is 1. The van der Waals surface area contributed by atoms with Crippen LogP contribution in [0.3, 0.4) is 0 Å². The Morgan fingerprint density at radius 3 is 2.62 bits per heavy atom. The molecule has 0 bridgehead atoms. The van der Waals surface area contributed by atoms with Gasteiger partial charge in [-0.05, 0) is 37.5 Å². The summed E-state index contributed by atoms with van der Waals surface area (Å²) in [6, 6.07) is 4.06. The zero-order chi connectivity index (χ0) is 17.3. The van der Waals surface area contributed by atoms with E-state index in [2.05, 4.69) is 0 Å². The predicted octanol–water partition coefficient (Wildman–Crippen LogP) is 1.66. The predicted molar refractivity (Wildman–Crippen MR) is 90.5 cm³/mol. The van der Waals surface area contributed by atoms with Gasteiger partial charge in [0.1, 0.15) is 6.04 Å². The van der Waals surface area contributed by atoms with Crippen LogP contribution in [0.15, 0.2) is 23.1 Å². The monoisotopic (exact) mass is 372 g/mol. The van der Waals surface area contributed by atoms with Gasteiger partial charge in [-0.15, -0.1) is 0 Å². The molecule has 3 rings (SSSR count). The van der Waals surface area contributed by atoms with E-state index < -0.39 is 16.1 Å². The highest BCUT2D eigenvalue weighted by Crippen LogP contribution is 2.29. The number of morpholine rings is 1. The Labute approximate surface area is 147 Å². The number of hydrogen-bond donors (Lipinski definition) is 0. The molecule has 2 heterocycles. The molecule has 6 nitrogen and oxygen atoms in total. The van der Waals surface area contributed by atoms with Crippen molar-refractivity contribution in [1.29, 1.82) is 0 Å². The van der Waals surface area contributed by atoms with Gasteiger partial charge in [-0.1, -0.05) is 17.7 Å². The summed E-state index contributed by atoms with van der Waals surface area (Å²) in [6.07, 6.45) is 1.23. The van der Waals surface area contributed by atoms with Gasteiger partial charge in [0.25, 0.3) is 0 Å². The zero-order valence-electron chi connectivity index (χ0n) is 13.6. The Morgan fingerprint density at radius 2 is 1.96 bits per heavy atom. The van der Waals surface area contributed by atoms with Crippen molar-refractivity contribution in [3.8, 4) is 0 Å². The number of benzene rings is 1. The van der Waals surface area contributed by atoms with E-state index in [1.807, 2.05) is 6.92 Å². The van der Waals surface area contributed by atoms with Crippen LogP contribution in [0.5, 0.6) is 0 Å². The number of amides is 1. The maximum absolute atomic E-state index is 13.0. The van der Waals surface area contributed by atoms with Crippen molar-refractivity contribution < 1.29 is 17.9 Å². The van der Waals surface area contributed by atoms with Crippen molar-refractivity contribution >= 4 is 27.5 Å². The van der Waals surface area contributed by atoms with E-state index in [0.717, 1.165) is 5.56 Å². The van der Waals surface area contributed by atoms with Crippen LogP contribution in [0.4, 0.5) is 0 Å². The van der Waals surface area contributed by atoms with E-state index in [1.54, 1.807) is 17.0 Å². The summed E-state index contributed by atoms with van der Waals surface area (Å²) in [6.45, 7) is 4.20. The molecular weight excluding hydrogens is 352 g/mol. The van der Waals surface area contributed by atoms with E-state index in [1.165, 1.54) is 10.4 Å². The summed E-state index contributed by atoms with van der Waals surface area (Å²) in [5.41, 5.74) is 0.818. The molecule has 1 amide bonds. The molecule has 0 N–H and O–H groups in total. The minimum atomic E-state index is -3.74. The summed E-state index contributed by atoms with van der Waals surface area (Å²) in [5.74, 6) is -0.127. The number of carbonyl (C=O) groups excluding carboxylic acids is 1. The van der Waals surface area contributed by atoms with Gasteiger partial charge >= 0.3 is 0 Å². The van der Waals surface area contributed by atoms with Crippen molar-refractivity contribution in [3.63, 3.8) is 0 Å². The van der Waals surface area contributed by atoms with Gasteiger partial charge in [0, 0.05) is 24.7 Å². The summed E-state index contributed by atoms with van der Waals surface area (Å²) in [4.78, 5) is 14.6. The first-order chi connectivity index (χ1) is 11.4. The Bertz CT molecular complexity index is 732. The van der Waals surface area contributed by atoms with Crippen LogP contribution in [0, 0.1) is 6.92 Å². The van der Waals surface area contributed by atoms with Crippen LogP contribution >= 0.6 is 11.6 Å². The quantitative estimate of drug-likeness (QED) is 0.809. The Kier molecular flexibility index (Phi) is 5.15. The minimum absolute atomic E-state index is 0.127. The second-order valence-corrected chi connectivity index (χ2v) is 8.42. The number of ether oxygens (including phenoxy) is 1. The average Bonchev–Trinajstić information content (AvgIpc) is 3.08. The van der Waals surface area contributed by atoms with Crippen LogP contribution < -0.4 is 0 Å². The lowest BCUT2D eigenvalue weighted by atomic mass is 10.2. The van der Waals surface area contributed by atoms with E-state index in [4.69, 9.17) is 16.3 Å². The van der Waals surface area contributed by atoms with Gasteiger partial charge < -0.3 is 9.64 Å². The fourth-order valence-corrected chi connectivity index (χ4v) is 5.06. The van der Waals surface area contributed by atoms with Crippen molar-refractivity contribution in [2.45, 2.75) is 30.7 Å². The number of sulfonamides is 1. The second kappa shape index (κ2) is 7.00. The largest absolute Gasteiger partial charge is 0.378 e. The molecule has 2 saturated heterocycles. The Balaban J connectivity index is 1.85. The van der Waals surface area contributed by atoms with Gasteiger partial charge in [-0.2, -0.15) is 4.31 Å². The summed E-state index contributed by atoms with van der Waals surface area (Å²) in [5, 5.41) is 0.409. The van der Waals surface area contributed by atoms with Crippen LogP contribution in [-0.4, -0.2) is 62.4 Å². The molecule has 8 heteroatoms. The van der Waals surface area contributed by atoms with E-state index >= 15 is 0 Å². The lowest BCUT2D eigenvalue weighted by Gasteiger charge is -2.32. The SMILES string of the molecule is Cc1ccc(S(=O)(=O)N2CCCC2C(=O)N2CCOCC2)cc1Cl. The molecule has 24 heavy (non-hydrogen) atoms. The second-order valence-electron chi connectivity index (χ2n) is 6.12. The van der Waals surface area contributed by atoms with Gasteiger partial charge in [-0.25, -0.2) is 8.42 Å². The molecule has 0 saturated carbocycles. The number of carbonyl (C=O) groups is 1. The molecule has 0 spiro atoms. The molecule has 2 aliphatic rings. The zero-order valence-corrected chi connectivity index (χ0v) is 15.1. The Morgan fingerprint density at radius 1 is 1.25 bits per heavy atom. The summed E-state index contributed by atoms with van der Waals surface area (Å²) in [7, 11) is -3.74. The number of hydrogen-bond acceptors (Lipinski definition) is 4. The lowest BCUT2D eigenvalue weighted by molar-refractivity contribution is -0.138. The van der Waals surface area contributed by atoms with Gasteiger partial charge in [0.2, 0.25) is 15.9 Å². The van der Waals surface area contributed by atoms with Gasteiger partial charge in [-0.3, -0.25) is 4.79 Å². The standard InChI is InChI=1S/C16H21ClN2O4S/c1-12-4-5-13(11-14(12)17)24(21,22)19-6-2-3-15(19)16(20)18-7-9-23-10-8-18/h4-5,11,15H,2-3,6-10H2,1H3. The van der Waals surface area contributed by atoms with Crippen molar-refractivity contribution in [2.24, 2.45) is 0 Å². The average molecular weight is 373 g/mol. The summed E-state index contributed by atoms with van der Waals surface area (Å²) < 4.78 is 32.5. The van der Waals surface area contributed by atoms with Crippen molar-refractivity contribution in [3.05, 3.63) is 28.8 Å². The third kappa shape index (κ3) is 3.31. The van der Waals surface area contributed by atoms with E-state index in [0.29, 0.717) is 50.7 Å². The molecule has 1 unspecified atom stereocenters. The number of halogens is 1. The van der Waals surface area contributed by atoms with Gasteiger partial charge in [0.15, 0.2) is 0 Å². The molecular formula is C16H21ClN2O4S. The molecule has 132 valence electrons. The smallest absolute Gasteiger partial charge is 0.243 e. The molecule has 0 radical (unpaired) electrons. The highest BCUT2D eigenvalue weighted by atomic mass is 35.5. The molecule has 2 fully saturated rings. The highest BCUT2D eigenvalue weighted by molar-refractivity contribution is 7.89. The maximum atomic E-state index is 13.0. The minimum Gasteiger partial charge on any atom is -0.378 e. The van der Waals surface area contributed by atoms with E-state index in [9.17, 15) is 13.2 Å². The molecule has 1 aromatic rings. The van der Waals surface area contributed by atoms with Crippen LogP contribution in [0.25, 0.3) is 0 Å². The lowest BCUT2D eigenvalue weighted by Crippen LogP contribution is -2.50. The van der Waals surface area contributed by atoms with Crippen LogP contribution in [-0.2, 0) is 19.6 Å². The fraction of sp³-hybridized carbons (Fsp3) is 0.562. The van der Waals surface area contributed by atoms with Crippen LogP contribution in [0.2, 0.25) is 5.02 Å². The van der Waals surface area contributed by atoms with Crippen molar-refractivity contribution in [2.75, 3.05) is 32.8 Å². The molecule has 0 aliphatic carbocycles. The number of rotatable bonds is 3. The van der Waals surface area contributed by atoms with Crippen LogP contribution in [0.1, 0.15) is 18.4 Å². The molecule has 0 aromatic heterocycles. The highest BCUT2D eigenvalue weighted by Gasteiger charge is 2.41. The molecule has 1 atom stereocenters. The first kappa shape index (κ1) is 17.7. The summed E-state index contributed by atoms with van der Waals surface area (Å²) >= 11 is 6.08. The first-order valence-corrected chi connectivity index (χ1v) is 9.87. The number of nitrogens with zero attached hydrogens (tertiary/aromatic N) is 2. The first-order valence-electron chi connectivity index (χ1n) is 8.06. The topological polar surface area (TPSA) is 66.9 Å². The van der Waals surface area contributed by atoms with Crippen molar-refractivity contribution in [1.82, 2.24) is 9.21 Å². The third-order valence-electron chi connectivity index (χ3n) is 4.56. The Hall–Kier alpha value is -1.15. The van der Waals surface area contributed by atoms with Gasteiger partial charge in [0.05, 0.1) is 18.1 Å².